The second-order valence-corrected chi connectivity index (χ2v) is 4.83. The Morgan fingerprint density at radius 3 is 2.67 bits per heavy atom. The highest BCUT2D eigenvalue weighted by atomic mass is 35.5. The molecule has 1 aromatic carbocycles. The molecule has 0 unspecified atom stereocenters. The molecule has 0 saturated carbocycles. The maximum absolute atomic E-state index is 11.3. The van der Waals surface area contributed by atoms with Gasteiger partial charge in [0.2, 0.25) is 0 Å². The molecule has 7 heteroatoms. The zero-order chi connectivity index (χ0) is 15.6. The van der Waals surface area contributed by atoms with E-state index in [1.165, 1.54) is 4.68 Å². The second kappa shape index (κ2) is 5.94. The van der Waals surface area contributed by atoms with E-state index in [1.54, 1.807) is 18.2 Å². The van der Waals surface area contributed by atoms with Crippen LogP contribution in [0.15, 0.2) is 18.2 Å². The van der Waals surface area contributed by atoms with Gasteiger partial charge in [0.15, 0.2) is 0 Å². The van der Waals surface area contributed by atoms with Gasteiger partial charge in [-0.3, -0.25) is 10.1 Å². The Kier molecular flexibility index (Phi) is 4.24. The van der Waals surface area contributed by atoms with Crippen LogP contribution in [0.5, 0.6) is 0 Å². The summed E-state index contributed by atoms with van der Waals surface area (Å²) in [6.45, 7) is 3.62. The van der Waals surface area contributed by atoms with Crippen LogP contribution in [-0.2, 0) is 12.8 Å². The monoisotopic (exact) mass is 304 g/mol. The van der Waals surface area contributed by atoms with Gasteiger partial charge in [-0.25, -0.2) is 4.68 Å². The van der Waals surface area contributed by atoms with E-state index in [9.17, 15) is 15.4 Å². The molecule has 6 nitrogen and oxygen atoms in total. The summed E-state index contributed by atoms with van der Waals surface area (Å²) in [5.41, 5.74) is 1.72. The fraction of sp³-hybridized carbons (Fsp3) is 0.286. The summed E-state index contributed by atoms with van der Waals surface area (Å²) in [4.78, 5) is 10.9. The van der Waals surface area contributed by atoms with Crippen molar-refractivity contribution in [3.8, 4) is 11.8 Å². The van der Waals surface area contributed by atoms with Gasteiger partial charge in [-0.15, -0.1) is 0 Å². The van der Waals surface area contributed by atoms with E-state index >= 15 is 0 Å². The fourth-order valence-corrected chi connectivity index (χ4v) is 2.40. The van der Waals surface area contributed by atoms with Gasteiger partial charge in [-0.05, 0) is 31.0 Å². The summed E-state index contributed by atoms with van der Waals surface area (Å²) in [5, 5.41) is 25.2. The third-order valence-electron chi connectivity index (χ3n) is 3.18. The molecule has 0 aliphatic heterocycles. The molecule has 21 heavy (non-hydrogen) atoms. The van der Waals surface area contributed by atoms with Crippen molar-refractivity contribution in [2.75, 3.05) is 0 Å². The molecule has 1 aromatic heterocycles. The molecule has 1 heterocycles. The number of aryl methyl sites for hydroxylation is 1. The molecule has 0 bridgehead atoms. The maximum atomic E-state index is 11.3. The number of aromatic nitrogens is 2. The third kappa shape index (κ3) is 2.60. The zero-order valence-corrected chi connectivity index (χ0v) is 12.4. The molecule has 0 aliphatic rings. The molecule has 0 amide bonds. The van der Waals surface area contributed by atoms with E-state index in [4.69, 9.17) is 11.6 Å². The Morgan fingerprint density at radius 2 is 2.14 bits per heavy atom. The molecule has 0 atom stereocenters. The largest absolute Gasteiger partial charge is 0.313 e. The van der Waals surface area contributed by atoms with Crippen molar-refractivity contribution in [2.45, 2.75) is 26.7 Å². The van der Waals surface area contributed by atoms with E-state index in [0.717, 1.165) is 0 Å². The number of hydrogen-bond donors (Lipinski definition) is 0. The standard InChI is InChI=1S/C14H13ClN4O2/c1-3-11-14(19(20)21)12(4-2)18(17-11)13-7-10(15)6-5-9(13)8-16/h5-7H,3-4H2,1-2H3. The first kappa shape index (κ1) is 15.0. The summed E-state index contributed by atoms with van der Waals surface area (Å²) < 4.78 is 1.46. The van der Waals surface area contributed by atoms with Gasteiger partial charge in [0.1, 0.15) is 17.5 Å². The number of nitrogens with zero attached hydrogens (tertiary/aromatic N) is 4. The lowest BCUT2D eigenvalue weighted by Gasteiger charge is -2.07. The van der Waals surface area contributed by atoms with Gasteiger partial charge < -0.3 is 0 Å². The number of halogens is 1. The topological polar surface area (TPSA) is 84.8 Å². The Balaban J connectivity index is 2.79. The predicted molar refractivity (Wildman–Crippen MR) is 78.7 cm³/mol. The van der Waals surface area contributed by atoms with Gasteiger partial charge in [0, 0.05) is 5.02 Å². The molecule has 2 aromatic rings. The van der Waals surface area contributed by atoms with Gasteiger partial charge in [0.25, 0.3) is 0 Å². The molecular weight excluding hydrogens is 292 g/mol. The highest BCUT2D eigenvalue weighted by Crippen LogP contribution is 2.29. The lowest BCUT2D eigenvalue weighted by atomic mass is 10.1. The number of rotatable bonds is 4. The Morgan fingerprint density at radius 1 is 1.43 bits per heavy atom. The molecular formula is C14H13ClN4O2. The first-order chi connectivity index (χ1) is 10.0. The number of hydrogen-bond acceptors (Lipinski definition) is 4. The number of nitro groups is 1. The van der Waals surface area contributed by atoms with Gasteiger partial charge in [-0.2, -0.15) is 10.4 Å². The van der Waals surface area contributed by atoms with Crippen LogP contribution in [0.1, 0.15) is 30.8 Å². The molecule has 0 radical (unpaired) electrons. The van der Waals surface area contributed by atoms with Crippen molar-refractivity contribution in [2.24, 2.45) is 0 Å². The maximum Gasteiger partial charge on any atom is 0.313 e. The lowest BCUT2D eigenvalue weighted by molar-refractivity contribution is -0.386. The van der Waals surface area contributed by atoms with Crippen LogP contribution in [0.4, 0.5) is 5.69 Å². The van der Waals surface area contributed by atoms with Crippen molar-refractivity contribution in [1.29, 1.82) is 5.26 Å². The predicted octanol–water partition coefficient (Wildman–Crippen LogP) is 3.43. The molecule has 2 rings (SSSR count). The van der Waals surface area contributed by atoms with Crippen LogP contribution in [0, 0.1) is 21.4 Å². The van der Waals surface area contributed by atoms with Crippen LogP contribution < -0.4 is 0 Å². The Bertz CT molecular complexity index is 746. The van der Waals surface area contributed by atoms with Crippen molar-refractivity contribution >= 4 is 17.3 Å². The quantitative estimate of drug-likeness (QED) is 0.639. The normalized spacial score (nSPS) is 10.4. The van der Waals surface area contributed by atoms with E-state index in [0.29, 0.717) is 40.5 Å². The summed E-state index contributed by atoms with van der Waals surface area (Å²) >= 11 is 5.98. The average molecular weight is 305 g/mol. The first-order valence-corrected chi connectivity index (χ1v) is 6.86. The summed E-state index contributed by atoms with van der Waals surface area (Å²) in [7, 11) is 0. The average Bonchev–Trinajstić information content (AvgIpc) is 2.85. The highest BCUT2D eigenvalue weighted by molar-refractivity contribution is 6.30. The Labute approximate surface area is 126 Å². The van der Waals surface area contributed by atoms with Crippen LogP contribution in [0.3, 0.4) is 0 Å². The molecule has 0 aliphatic carbocycles. The van der Waals surface area contributed by atoms with E-state index in [2.05, 4.69) is 11.2 Å². The van der Waals surface area contributed by atoms with E-state index in [-0.39, 0.29) is 5.69 Å². The minimum atomic E-state index is -0.419. The van der Waals surface area contributed by atoms with Gasteiger partial charge in [0.05, 0.1) is 16.2 Å². The molecule has 0 saturated heterocycles. The summed E-state index contributed by atoms with van der Waals surface area (Å²) in [6, 6.07) is 6.84. The zero-order valence-electron chi connectivity index (χ0n) is 11.6. The van der Waals surface area contributed by atoms with Crippen LogP contribution >= 0.6 is 11.6 Å². The van der Waals surface area contributed by atoms with E-state index < -0.39 is 4.92 Å². The first-order valence-electron chi connectivity index (χ1n) is 6.48. The van der Waals surface area contributed by atoms with Gasteiger partial charge >= 0.3 is 5.69 Å². The number of benzene rings is 1. The van der Waals surface area contributed by atoms with Crippen molar-refractivity contribution in [3.63, 3.8) is 0 Å². The highest BCUT2D eigenvalue weighted by Gasteiger charge is 2.27. The van der Waals surface area contributed by atoms with Crippen molar-refractivity contribution < 1.29 is 4.92 Å². The van der Waals surface area contributed by atoms with Gasteiger partial charge in [-0.1, -0.05) is 25.4 Å². The second-order valence-electron chi connectivity index (χ2n) is 4.39. The SMILES string of the molecule is CCc1nn(-c2cc(Cl)ccc2C#N)c(CC)c1[N+](=O)[O-]. The van der Waals surface area contributed by atoms with E-state index in [1.807, 2.05) is 13.8 Å². The third-order valence-corrected chi connectivity index (χ3v) is 3.42. The summed E-state index contributed by atoms with van der Waals surface area (Å²) in [5.74, 6) is 0. The Hall–Kier alpha value is -2.39. The summed E-state index contributed by atoms with van der Waals surface area (Å²) in [6.07, 6.45) is 0.874. The minimum Gasteiger partial charge on any atom is -0.258 e. The van der Waals surface area contributed by atoms with Crippen molar-refractivity contribution in [3.05, 3.63) is 50.3 Å². The van der Waals surface area contributed by atoms with Crippen LogP contribution in [-0.4, -0.2) is 14.7 Å². The minimum absolute atomic E-state index is 0.0175. The van der Waals surface area contributed by atoms with Crippen LogP contribution in [0.2, 0.25) is 5.02 Å². The number of nitriles is 1. The molecule has 0 N–H and O–H groups in total. The fourth-order valence-electron chi connectivity index (χ4n) is 2.24. The van der Waals surface area contributed by atoms with Crippen molar-refractivity contribution in [1.82, 2.24) is 9.78 Å². The molecule has 0 fully saturated rings. The molecule has 0 spiro atoms. The lowest BCUT2D eigenvalue weighted by Crippen LogP contribution is -2.05. The smallest absolute Gasteiger partial charge is 0.258 e. The molecule has 108 valence electrons. The van der Waals surface area contributed by atoms with Crippen LogP contribution in [0.25, 0.3) is 5.69 Å².